The summed E-state index contributed by atoms with van der Waals surface area (Å²) in [6.45, 7) is 4.42. The number of carbonyl (C=O) groups excluding carboxylic acids is 1. The number of benzene rings is 2. The van der Waals surface area contributed by atoms with Crippen LogP contribution >= 0.6 is 0 Å². The average Bonchev–Trinajstić information content (AvgIpc) is 2.66. The molecule has 0 aromatic heterocycles. The molecule has 0 spiro atoms. The molecule has 0 amide bonds. The molecule has 0 saturated carbocycles. The van der Waals surface area contributed by atoms with Crippen LogP contribution in [0.15, 0.2) is 52.3 Å². The Bertz CT molecular complexity index is 1170. The number of hydrogen-bond donors (Lipinski definition) is 1. The zero-order valence-electron chi connectivity index (χ0n) is 16.4. The lowest BCUT2D eigenvalue weighted by atomic mass is 10.1. The monoisotopic (exact) mass is 437 g/mol. The van der Waals surface area contributed by atoms with Crippen molar-refractivity contribution in [2.45, 2.75) is 41.7 Å². The third-order valence-electron chi connectivity index (χ3n) is 4.83. The molecular formula is C20H23NO6S2. The van der Waals surface area contributed by atoms with E-state index in [1.165, 1.54) is 38.1 Å². The summed E-state index contributed by atoms with van der Waals surface area (Å²) < 4.78 is 57.8. The zero-order chi connectivity index (χ0) is 21.4. The number of ether oxygens (including phenoxy) is 1. The Hall–Kier alpha value is -2.23. The maximum atomic E-state index is 13.0. The van der Waals surface area contributed by atoms with Crippen LogP contribution in [0.4, 0.5) is 0 Å². The highest BCUT2D eigenvalue weighted by Crippen LogP contribution is 2.28. The summed E-state index contributed by atoms with van der Waals surface area (Å²) in [5, 5.41) is 0. The molecule has 156 valence electrons. The standard InChI is InChI=1S/C20H23NO6S2/c1-14-5-4-6-17(9-14)28(23,24)20(2,3)13-21-29(25,26)18-7-8-19-15(11-18)10-16(22)12-27-19/h4-9,11,21H,10,12-13H2,1-3H3. The average molecular weight is 438 g/mol. The fourth-order valence-electron chi connectivity index (χ4n) is 2.97. The normalized spacial score (nSPS) is 14.9. The van der Waals surface area contributed by atoms with Crippen molar-refractivity contribution < 1.29 is 26.4 Å². The molecule has 0 saturated heterocycles. The minimum Gasteiger partial charge on any atom is -0.486 e. The minimum atomic E-state index is -3.98. The number of aryl methyl sites for hydroxylation is 1. The second kappa shape index (κ2) is 7.55. The molecule has 0 aliphatic carbocycles. The molecule has 2 aromatic carbocycles. The molecule has 0 unspecified atom stereocenters. The van der Waals surface area contributed by atoms with Gasteiger partial charge in [-0.2, -0.15) is 0 Å². The van der Waals surface area contributed by atoms with Crippen molar-refractivity contribution in [1.29, 1.82) is 0 Å². The van der Waals surface area contributed by atoms with Gasteiger partial charge in [0.15, 0.2) is 15.6 Å². The van der Waals surface area contributed by atoms with Crippen molar-refractivity contribution in [2.75, 3.05) is 13.2 Å². The number of rotatable bonds is 6. The number of sulfonamides is 1. The molecule has 1 heterocycles. The van der Waals surface area contributed by atoms with Crippen LogP contribution in [0.25, 0.3) is 0 Å². The van der Waals surface area contributed by atoms with Crippen LogP contribution < -0.4 is 9.46 Å². The third kappa shape index (κ3) is 4.36. The summed E-state index contributed by atoms with van der Waals surface area (Å²) in [5.41, 5.74) is 1.30. The van der Waals surface area contributed by atoms with E-state index in [1.807, 2.05) is 0 Å². The highest BCUT2D eigenvalue weighted by atomic mass is 32.2. The summed E-state index contributed by atoms with van der Waals surface area (Å²) in [6, 6.07) is 10.8. The lowest BCUT2D eigenvalue weighted by molar-refractivity contribution is -0.121. The smallest absolute Gasteiger partial charge is 0.240 e. The predicted octanol–water partition coefficient (Wildman–Crippen LogP) is 2.03. The summed E-state index contributed by atoms with van der Waals surface area (Å²) >= 11 is 0. The number of fused-ring (bicyclic) bond motifs is 1. The molecule has 1 N–H and O–H groups in total. The van der Waals surface area contributed by atoms with E-state index in [4.69, 9.17) is 4.74 Å². The Labute approximate surface area is 171 Å². The molecule has 9 heteroatoms. The maximum absolute atomic E-state index is 13.0. The second-order valence-corrected chi connectivity index (χ2v) is 12.0. The Balaban J connectivity index is 1.82. The van der Waals surface area contributed by atoms with Crippen molar-refractivity contribution >= 4 is 25.6 Å². The number of hydrogen-bond acceptors (Lipinski definition) is 6. The van der Waals surface area contributed by atoms with E-state index in [-0.39, 0.29) is 35.1 Å². The molecule has 0 atom stereocenters. The van der Waals surface area contributed by atoms with Gasteiger partial charge in [-0.05, 0) is 56.7 Å². The number of Topliss-reactive ketones (excluding diaryl/α,β-unsaturated/α-hetero) is 1. The first-order valence-electron chi connectivity index (χ1n) is 9.01. The second-order valence-electron chi connectivity index (χ2n) is 7.68. The predicted molar refractivity (Wildman–Crippen MR) is 108 cm³/mol. The number of nitrogens with one attached hydrogen (secondary N) is 1. The van der Waals surface area contributed by atoms with Gasteiger partial charge >= 0.3 is 0 Å². The Morgan fingerprint density at radius 1 is 1.03 bits per heavy atom. The van der Waals surface area contributed by atoms with Crippen molar-refractivity contribution in [3.05, 3.63) is 53.6 Å². The largest absolute Gasteiger partial charge is 0.486 e. The van der Waals surface area contributed by atoms with E-state index < -0.39 is 24.6 Å². The van der Waals surface area contributed by atoms with Crippen molar-refractivity contribution in [3.63, 3.8) is 0 Å². The topological polar surface area (TPSA) is 107 Å². The fourth-order valence-corrected chi connectivity index (χ4v) is 5.82. The van der Waals surface area contributed by atoms with Crippen molar-refractivity contribution in [1.82, 2.24) is 4.72 Å². The molecule has 3 rings (SSSR count). The van der Waals surface area contributed by atoms with Crippen molar-refractivity contribution in [3.8, 4) is 5.75 Å². The van der Waals surface area contributed by atoms with Crippen LogP contribution in [0.1, 0.15) is 25.0 Å². The van der Waals surface area contributed by atoms with Crippen LogP contribution in [-0.4, -0.2) is 40.5 Å². The molecular weight excluding hydrogens is 414 g/mol. The fraction of sp³-hybridized carbons (Fsp3) is 0.350. The molecule has 7 nitrogen and oxygen atoms in total. The third-order valence-corrected chi connectivity index (χ3v) is 8.71. The SMILES string of the molecule is Cc1cccc(S(=O)(=O)C(C)(C)CNS(=O)(=O)c2ccc3c(c2)CC(=O)CO3)c1. The molecule has 0 fully saturated rings. The number of ketones is 1. The molecule has 29 heavy (non-hydrogen) atoms. The highest BCUT2D eigenvalue weighted by molar-refractivity contribution is 7.93. The van der Waals surface area contributed by atoms with Gasteiger partial charge in [0, 0.05) is 18.5 Å². The van der Waals surface area contributed by atoms with Crippen LogP contribution in [0.5, 0.6) is 5.75 Å². The van der Waals surface area contributed by atoms with Gasteiger partial charge in [-0.15, -0.1) is 0 Å². The van der Waals surface area contributed by atoms with Crippen LogP contribution in [0.3, 0.4) is 0 Å². The molecule has 1 aliphatic heterocycles. The lowest BCUT2D eigenvalue weighted by Gasteiger charge is -2.25. The van der Waals surface area contributed by atoms with Crippen LogP contribution in [0, 0.1) is 6.92 Å². The number of sulfone groups is 1. The maximum Gasteiger partial charge on any atom is 0.240 e. The first kappa shape index (κ1) is 21.5. The van der Waals surface area contributed by atoms with Crippen LogP contribution in [-0.2, 0) is 31.1 Å². The van der Waals surface area contributed by atoms with E-state index in [1.54, 1.807) is 25.1 Å². The highest BCUT2D eigenvalue weighted by Gasteiger charge is 2.37. The Kier molecular flexibility index (Phi) is 5.59. The van der Waals surface area contributed by atoms with Gasteiger partial charge in [-0.1, -0.05) is 12.1 Å². The minimum absolute atomic E-state index is 0.0254. The van der Waals surface area contributed by atoms with E-state index in [0.717, 1.165) is 5.56 Å². The first-order valence-corrected chi connectivity index (χ1v) is 12.0. The van der Waals surface area contributed by atoms with Gasteiger partial charge < -0.3 is 4.74 Å². The van der Waals surface area contributed by atoms with Gasteiger partial charge in [-0.3, -0.25) is 4.79 Å². The first-order chi connectivity index (χ1) is 13.4. The Morgan fingerprint density at radius 2 is 1.76 bits per heavy atom. The summed E-state index contributed by atoms with van der Waals surface area (Å²) in [5.74, 6) is 0.344. The van der Waals surface area contributed by atoms with Gasteiger partial charge in [0.05, 0.1) is 14.5 Å². The van der Waals surface area contributed by atoms with Gasteiger partial charge in [0.1, 0.15) is 12.4 Å². The van der Waals surface area contributed by atoms with E-state index >= 15 is 0 Å². The van der Waals surface area contributed by atoms with E-state index in [0.29, 0.717) is 11.3 Å². The zero-order valence-corrected chi connectivity index (χ0v) is 18.1. The van der Waals surface area contributed by atoms with Gasteiger partial charge in [0.25, 0.3) is 0 Å². The quantitative estimate of drug-likeness (QED) is 0.741. The molecule has 1 aliphatic rings. The Morgan fingerprint density at radius 3 is 2.45 bits per heavy atom. The van der Waals surface area contributed by atoms with Gasteiger partial charge in [0.2, 0.25) is 10.0 Å². The van der Waals surface area contributed by atoms with Crippen LogP contribution in [0.2, 0.25) is 0 Å². The van der Waals surface area contributed by atoms with Gasteiger partial charge in [-0.25, -0.2) is 21.6 Å². The summed E-state index contributed by atoms with van der Waals surface area (Å²) in [6.07, 6.45) is 0.103. The summed E-state index contributed by atoms with van der Waals surface area (Å²) in [7, 11) is -7.76. The summed E-state index contributed by atoms with van der Waals surface area (Å²) in [4.78, 5) is 11.7. The van der Waals surface area contributed by atoms with E-state index in [2.05, 4.69) is 4.72 Å². The number of carbonyl (C=O) groups is 1. The van der Waals surface area contributed by atoms with Crippen molar-refractivity contribution in [2.24, 2.45) is 0 Å². The lowest BCUT2D eigenvalue weighted by Crippen LogP contribution is -2.44. The molecule has 0 bridgehead atoms. The molecule has 2 aromatic rings. The van der Waals surface area contributed by atoms with E-state index in [9.17, 15) is 21.6 Å². The molecule has 0 radical (unpaired) electrons.